The van der Waals surface area contributed by atoms with Crippen molar-refractivity contribution >= 4 is 34.0 Å². The summed E-state index contributed by atoms with van der Waals surface area (Å²) in [5, 5.41) is 5.61. The molecule has 3 aromatic rings. The molecule has 1 aliphatic heterocycles. The van der Waals surface area contributed by atoms with Crippen LogP contribution in [0.5, 0.6) is 0 Å². The summed E-state index contributed by atoms with van der Waals surface area (Å²) in [6.07, 6.45) is 9.15. The minimum Gasteiger partial charge on any atom is -0.365 e. The van der Waals surface area contributed by atoms with E-state index in [0.29, 0.717) is 12.5 Å². The molecule has 144 valence electrons. The lowest BCUT2D eigenvalue weighted by Gasteiger charge is -2.37. The first kappa shape index (κ1) is 17.4. The second-order valence-electron chi connectivity index (χ2n) is 7.34. The highest BCUT2D eigenvalue weighted by Crippen LogP contribution is 2.31. The van der Waals surface area contributed by atoms with E-state index >= 15 is 0 Å². The van der Waals surface area contributed by atoms with Crippen LogP contribution in [0.4, 0.5) is 11.5 Å². The maximum Gasteiger partial charge on any atom is 0.287 e. The third kappa shape index (κ3) is 3.17. The van der Waals surface area contributed by atoms with Gasteiger partial charge in [-0.05, 0) is 24.8 Å². The van der Waals surface area contributed by atoms with Crippen LogP contribution in [0.1, 0.15) is 12.8 Å². The first-order valence-electron chi connectivity index (χ1n) is 9.51. The maximum absolute atomic E-state index is 12.5. The summed E-state index contributed by atoms with van der Waals surface area (Å²) in [6.45, 7) is 3.70. The molecule has 0 amide bonds. The number of nitrogens with zero attached hydrogens (tertiary/aromatic N) is 7. The van der Waals surface area contributed by atoms with Crippen molar-refractivity contribution in [3.63, 3.8) is 0 Å². The summed E-state index contributed by atoms with van der Waals surface area (Å²) >= 11 is 6.41. The van der Waals surface area contributed by atoms with Crippen molar-refractivity contribution in [2.75, 3.05) is 36.0 Å². The Bertz CT molecular complexity index is 1070. The predicted molar refractivity (Wildman–Crippen MR) is 108 cm³/mol. The van der Waals surface area contributed by atoms with Crippen LogP contribution in [0, 0.1) is 5.92 Å². The minimum absolute atomic E-state index is 0.192. The van der Waals surface area contributed by atoms with E-state index in [2.05, 4.69) is 29.9 Å². The summed E-state index contributed by atoms with van der Waals surface area (Å²) in [6, 6.07) is 1.94. The molecule has 3 aromatic heterocycles. The number of hydrogen-bond acceptors (Lipinski definition) is 7. The van der Waals surface area contributed by atoms with Crippen LogP contribution in [-0.2, 0) is 6.54 Å². The van der Waals surface area contributed by atoms with Crippen LogP contribution < -0.4 is 15.4 Å². The van der Waals surface area contributed by atoms with Crippen molar-refractivity contribution < 1.29 is 0 Å². The Morgan fingerprint density at radius 3 is 2.64 bits per heavy atom. The lowest BCUT2D eigenvalue weighted by Crippen LogP contribution is -2.47. The van der Waals surface area contributed by atoms with Crippen molar-refractivity contribution in [1.82, 2.24) is 24.7 Å². The molecule has 2 aliphatic rings. The van der Waals surface area contributed by atoms with E-state index in [1.165, 1.54) is 17.5 Å². The molecular formula is C19H20ClN7O. The quantitative estimate of drug-likeness (QED) is 0.665. The van der Waals surface area contributed by atoms with E-state index < -0.39 is 0 Å². The molecule has 0 N–H and O–H groups in total. The van der Waals surface area contributed by atoms with E-state index in [0.717, 1.165) is 48.6 Å². The smallest absolute Gasteiger partial charge is 0.287 e. The van der Waals surface area contributed by atoms with Gasteiger partial charge in [0.15, 0.2) is 0 Å². The van der Waals surface area contributed by atoms with Gasteiger partial charge in [0.2, 0.25) is 0 Å². The fourth-order valence-corrected chi connectivity index (χ4v) is 3.92. The molecular weight excluding hydrogens is 378 g/mol. The maximum atomic E-state index is 12.5. The number of piperazine rings is 1. The fraction of sp³-hybridized carbons (Fsp3) is 0.421. The van der Waals surface area contributed by atoms with Crippen LogP contribution in [0.25, 0.3) is 10.9 Å². The second kappa shape index (κ2) is 7.01. The van der Waals surface area contributed by atoms with Crippen LogP contribution in [0.15, 0.2) is 35.8 Å². The molecule has 0 unspecified atom stereocenters. The standard InChI is InChI=1S/C19H20ClN7O/c20-17-16(10-24-27(19(17)28)11-13-1-2-13)25-5-7-26(8-6-25)18-14-3-4-21-9-15(14)22-12-23-18/h3-4,9-10,12-13H,1-2,5-8,11H2. The Balaban J connectivity index is 1.34. The van der Waals surface area contributed by atoms with E-state index in [1.807, 2.05) is 6.07 Å². The molecule has 1 saturated carbocycles. The van der Waals surface area contributed by atoms with Gasteiger partial charge in [-0.3, -0.25) is 9.78 Å². The van der Waals surface area contributed by atoms with Gasteiger partial charge in [0.05, 0.1) is 23.6 Å². The zero-order valence-corrected chi connectivity index (χ0v) is 16.1. The molecule has 28 heavy (non-hydrogen) atoms. The number of fused-ring (bicyclic) bond motifs is 1. The van der Waals surface area contributed by atoms with Crippen LogP contribution >= 0.6 is 11.6 Å². The fourth-order valence-electron chi connectivity index (χ4n) is 3.66. The van der Waals surface area contributed by atoms with Crippen molar-refractivity contribution in [3.05, 3.63) is 46.4 Å². The topological polar surface area (TPSA) is 80.0 Å². The molecule has 8 nitrogen and oxygen atoms in total. The number of halogens is 1. The normalized spacial score (nSPS) is 17.3. The van der Waals surface area contributed by atoms with Crippen molar-refractivity contribution in [2.24, 2.45) is 5.92 Å². The Morgan fingerprint density at radius 2 is 1.86 bits per heavy atom. The molecule has 0 radical (unpaired) electrons. The second-order valence-corrected chi connectivity index (χ2v) is 7.72. The summed E-state index contributed by atoms with van der Waals surface area (Å²) in [5.74, 6) is 1.49. The molecule has 1 saturated heterocycles. The molecule has 4 heterocycles. The highest BCUT2D eigenvalue weighted by atomic mass is 35.5. The summed E-state index contributed by atoms with van der Waals surface area (Å²) in [5.41, 5.74) is 1.36. The summed E-state index contributed by atoms with van der Waals surface area (Å²) in [4.78, 5) is 29.8. The SMILES string of the molecule is O=c1c(Cl)c(N2CCN(c3ncnc4cnccc34)CC2)cnn1CC1CC1. The van der Waals surface area contributed by atoms with Gasteiger partial charge in [0, 0.05) is 44.3 Å². The average Bonchev–Trinajstić information content (AvgIpc) is 3.56. The summed E-state index contributed by atoms with van der Waals surface area (Å²) in [7, 11) is 0. The molecule has 0 aromatic carbocycles. The molecule has 2 fully saturated rings. The number of rotatable bonds is 4. The Hall–Kier alpha value is -2.74. The molecule has 0 bridgehead atoms. The third-order valence-corrected chi connectivity index (χ3v) is 5.79. The van der Waals surface area contributed by atoms with E-state index in [4.69, 9.17) is 11.6 Å². The largest absolute Gasteiger partial charge is 0.365 e. The van der Waals surface area contributed by atoms with Gasteiger partial charge in [-0.15, -0.1) is 0 Å². The van der Waals surface area contributed by atoms with Gasteiger partial charge < -0.3 is 9.80 Å². The van der Waals surface area contributed by atoms with E-state index in [9.17, 15) is 4.79 Å². The zero-order chi connectivity index (χ0) is 19.1. The van der Waals surface area contributed by atoms with Crippen molar-refractivity contribution in [3.8, 4) is 0 Å². The van der Waals surface area contributed by atoms with Crippen molar-refractivity contribution in [1.29, 1.82) is 0 Å². The van der Waals surface area contributed by atoms with Crippen molar-refractivity contribution in [2.45, 2.75) is 19.4 Å². The Morgan fingerprint density at radius 1 is 1.07 bits per heavy atom. The first-order chi connectivity index (χ1) is 13.7. The van der Waals surface area contributed by atoms with Crippen LogP contribution in [-0.4, -0.2) is 50.9 Å². The molecule has 0 atom stereocenters. The number of hydrogen-bond donors (Lipinski definition) is 0. The lowest BCUT2D eigenvalue weighted by molar-refractivity contribution is 0.531. The predicted octanol–water partition coefficient (Wildman–Crippen LogP) is 1.97. The number of aromatic nitrogens is 5. The molecule has 9 heteroatoms. The van der Waals surface area contributed by atoms with Gasteiger partial charge in [-0.25, -0.2) is 14.6 Å². The zero-order valence-electron chi connectivity index (χ0n) is 15.3. The van der Waals surface area contributed by atoms with Gasteiger partial charge in [-0.1, -0.05) is 11.6 Å². The van der Waals surface area contributed by atoms with Gasteiger partial charge in [0.1, 0.15) is 17.2 Å². The van der Waals surface area contributed by atoms with Gasteiger partial charge >= 0.3 is 0 Å². The molecule has 1 aliphatic carbocycles. The van der Waals surface area contributed by atoms with E-state index in [-0.39, 0.29) is 10.6 Å². The molecule has 5 rings (SSSR count). The van der Waals surface area contributed by atoms with Crippen LogP contribution in [0.3, 0.4) is 0 Å². The minimum atomic E-state index is -0.192. The lowest BCUT2D eigenvalue weighted by atomic mass is 10.2. The third-order valence-electron chi connectivity index (χ3n) is 5.43. The average molecular weight is 398 g/mol. The highest BCUT2D eigenvalue weighted by molar-refractivity contribution is 6.33. The number of anilines is 2. The number of pyridine rings is 1. The highest BCUT2D eigenvalue weighted by Gasteiger charge is 2.26. The van der Waals surface area contributed by atoms with Crippen LogP contribution in [0.2, 0.25) is 5.02 Å². The first-order valence-corrected chi connectivity index (χ1v) is 9.89. The van der Waals surface area contributed by atoms with E-state index in [1.54, 1.807) is 24.9 Å². The summed E-state index contributed by atoms with van der Waals surface area (Å²) < 4.78 is 1.50. The Kier molecular flexibility index (Phi) is 4.35. The monoisotopic (exact) mass is 397 g/mol. The molecule has 0 spiro atoms. The Labute approximate surface area is 166 Å². The van der Waals surface area contributed by atoms with Gasteiger partial charge in [-0.2, -0.15) is 5.10 Å². The van der Waals surface area contributed by atoms with Gasteiger partial charge in [0.25, 0.3) is 5.56 Å².